The van der Waals surface area contributed by atoms with Gasteiger partial charge in [0.05, 0.1) is 125 Å². The largest absolute Gasteiger partial charge is 0.469 e. The molecule has 9 atom stereocenters. The van der Waals surface area contributed by atoms with Crippen LogP contribution < -0.4 is 0 Å². The van der Waals surface area contributed by atoms with Gasteiger partial charge in [0.2, 0.25) is 0 Å². The van der Waals surface area contributed by atoms with E-state index in [1.54, 1.807) is 20.8 Å². The number of ether oxygens (including phenoxy) is 11. The highest BCUT2D eigenvalue weighted by Crippen LogP contribution is 2.56. The highest BCUT2D eigenvalue weighted by Gasteiger charge is 2.60. The third-order valence-corrected chi connectivity index (χ3v) is 15.3. The van der Waals surface area contributed by atoms with E-state index in [9.17, 15) is 43.2 Å². The summed E-state index contributed by atoms with van der Waals surface area (Å²) >= 11 is 1.37. The monoisotopic (exact) mass is 1050 g/mol. The lowest BCUT2D eigenvalue weighted by Gasteiger charge is -2.46. The maximum Gasteiger partial charge on any atom is 0.312 e. The molecule has 0 spiro atoms. The molecule has 21 heteroatoms. The number of thioether (sulfide) groups is 1. The van der Waals surface area contributed by atoms with E-state index in [4.69, 9.17) is 52.1 Å². The van der Waals surface area contributed by atoms with Crippen LogP contribution in [-0.2, 0) is 95.3 Å². The normalized spacial score (nSPS) is 18.8. The maximum absolute atomic E-state index is 14.4. The van der Waals surface area contributed by atoms with E-state index in [1.807, 2.05) is 0 Å². The number of rotatable bonds is 32. The van der Waals surface area contributed by atoms with Crippen molar-refractivity contribution in [2.24, 2.45) is 48.7 Å². The topological polar surface area (TPSA) is 255 Å². The van der Waals surface area contributed by atoms with Crippen molar-refractivity contribution in [3.63, 3.8) is 0 Å². The molecule has 0 saturated carbocycles. The lowest BCUT2D eigenvalue weighted by molar-refractivity contribution is -0.173. The molecular weight excluding hydrogens is 965 g/mol. The Bertz CT molecular complexity index is 1920. The highest BCUT2D eigenvalue weighted by molar-refractivity contribution is 7.99. The standard InChI is InChI=1S/C51H86O20S/c1-43(2,34(52)63-13)24-44(3,35(53)64-14)25-45(4,36(54)65-15)26-46(5,37(55)66-16)27-47(6,38(56)67-17)28-48(7,39(57)68-18)29-49(8,40(58)69-19)30-50(9,41(59)70-20)31-51(10,42(60)71-21)32-72-23-33(62-12)22-61-11/h33H,22-32H2,1-21H3. The summed E-state index contributed by atoms with van der Waals surface area (Å²) in [7, 11) is 13.4. The summed E-state index contributed by atoms with van der Waals surface area (Å²) in [6, 6.07) is 0. The smallest absolute Gasteiger partial charge is 0.312 e. The van der Waals surface area contributed by atoms with Gasteiger partial charge in [0.1, 0.15) is 0 Å². The average molecular weight is 1050 g/mol. The van der Waals surface area contributed by atoms with Crippen molar-refractivity contribution in [2.45, 2.75) is 127 Å². The molecule has 72 heavy (non-hydrogen) atoms. The Hall–Kier alpha value is -4.50. The van der Waals surface area contributed by atoms with Crippen molar-refractivity contribution < 1.29 is 95.3 Å². The van der Waals surface area contributed by atoms with E-state index in [0.29, 0.717) is 5.75 Å². The van der Waals surface area contributed by atoms with Crippen molar-refractivity contribution in [3.05, 3.63) is 0 Å². The predicted molar refractivity (Wildman–Crippen MR) is 264 cm³/mol. The molecule has 9 unspecified atom stereocenters. The molecule has 20 nitrogen and oxygen atoms in total. The van der Waals surface area contributed by atoms with Gasteiger partial charge in [-0.05, 0) is 121 Å². The Labute approximate surface area is 431 Å². The summed E-state index contributed by atoms with van der Waals surface area (Å²) in [6.07, 6.45) is -3.23. The number of esters is 9. The lowest BCUT2D eigenvalue weighted by atomic mass is 9.56. The average Bonchev–Trinajstić information content (AvgIpc) is 3.32. The van der Waals surface area contributed by atoms with Gasteiger partial charge in [0.15, 0.2) is 0 Å². The summed E-state index contributed by atoms with van der Waals surface area (Å²) in [5.74, 6) is -6.68. The minimum Gasteiger partial charge on any atom is -0.469 e. The van der Waals surface area contributed by atoms with Crippen LogP contribution in [0.15, 0.2) is 0 Å². The number of methoxy groups -OCH3 is 11. The molecule has 0 aliphatic rings. The molecule has 0 heterocycles. The third-order valence-electron chi connectivity index (χ3n) is 13.9. The first-order valence-corrected chi connectivity index (χ1v) is 24.5. The summed E-state index contributed by atoms with van der Waals surface area (Å²) in [5, 5.41) is 0. The molecule has 0 aromatic rings. The molecule has 0 amide bonds. The van der Waals surface area contributed by atoms with E-state index < -0.39 is 128 Å². The van der Waals surface area contributed by atoms with Crippen molar-refractivity contribution in [1.82, 2.24) is 0 Å². The van der Waals surface area contributed by atoms with Gasteiger partial charge in [-0.1, -0.05) is 0 Å². The summed E-state index contributed by atoms with van der Waals surface area (Å²) < 4.78 is 58.3. The Morgan fingerprint density at radius 2 is 0.528 bits per heavy atom. The molecule has 0 rings (SSSR count). The molecule has 0 bridgehead atoms. The fraction of sp³-hybridized carbons (Fsp3) is 0.824. The predicted octanol–water partition coefficient (Wildman–Crippen LogP) is 6.14. The van der Waals surface area contributed by atoms with Gasteiger partial charge in [0, 0.05) is 25.7 Å². The van der Waals surface area contributed by atoms with Crippen molar-refractivity contribution >= 4 is 65.5 Å². The van der Waals surface area contributed by atoms with Crippen LogP contribution in [0.3, 0.4) is 0 Å². The maximum atomic E-state index is 14.4. The Kier molecular flexibility index (Phi) is 25.5. The van der Waals surface area contributed by atoms with Gasteiger partial charge in [-0.25, -0.2) is 0 Å². The second kappa shape index (κ2) is 27.2. The Morgan fingerprint density at radius 1 is 0.319 bits per heavy atom. The van der Waals surface area contributed by atoms with Crippen LogP contribution in [-0.4, -0.2) is 156 Å². The van der Waals surface area contributed by atoms with Crippen molar-refractivity contribution in [3.8, 4) is 0 Å². The molecular formula is C51H86O20S. The molecule has 416 valence electrons. The Morgan fingerprint density at radius 3 is 0.736 bits per heavy atom. The van der Waals surface area contributed by atoms with Crippen LogP contribution in [0.4, 0.5) is 0 Å². The van der Waals surface area contributed by atoms with Crippen LogP contribution in [0, 0.1) is 48.7 Å². The zero-order valence-electron chi connectivity index (χ0n) is 46.9. The third kappa shape index (κ3) is 16.8. The zero-order valence-corrected chi connectivity index (χ0v) is 47.7. The number of carbonyl (C=O) groups excluding carboxylic acids is 9. The van der Waals surface area contributed by atoms with Crippen LogP contribution in [0.25, 0.3) is 0 Å². The van der Waals surface area contributed by atoms with Gasteiger partial charge in [-0.2, -0.15) is 11.8 Å². The molecule has 0 radical (unpaired) electrons. The first kappa shape index (κ1) is 67.5. The number of hydrogen-bond acceptors (Lipinski definition) is 21. The summed E-state index contributed by atoms with van der Waals surface area (Å²) in [4.78, 5) is 126. The Balaban J connectivity index is 8.06. The van der Waals surface area contributed by atoms with Gasteiger partial charge in [0.25, 0.3) is 0 Å². The highest BCUT2D eigenvalue weighted by atomic mass is 32.2. The minimum atomic E-state index is -1.86. The molecule has 0 aliphatic heterocycles. The molecule has 0 aromatic heterocycles. The van der Waals surface area contributed by atoms with Gasteiger partial charge >= 0.3 is 53.7 Å². The molecule has 0 aromatic carbocycles. The van der Waals surface area contributed by atoms with Crippen LogP contribution in [0.1, 0.15) is 121 Å². The fourth-order valence-electron chi connectivity index (χ4n) is 11.7. The van der Waals surface area contributed by atoms with Gasteiger partial charge in [-0.3, -0.25) is 43.2 Å². The van der Waals surface area contributed by atoms with E-state index in [-0.39, 0.29) is 44.1 Å². The van der Waals surface area contributed by atoms with E-state index in [1.165, 1.54) is 88.7 Å². The van der Waals surface area contributed by atoms with Gasteiger partial charge < -0.3 is 52.1 Å². The first-order chi connectivity index (χ1) is 33.0. The fourth-order valence-corrected chi connectivity index (χ4v) is 13.0. The quantitative estimate of drug-likeness (QED) is 0.0542. The first-order valence-electron chi connectivity index (χ1n) is 23.3. The van der Waals surface area contributed by atoms with Crippen molar-refractivity contribution in [2.75, 3.05) is 96.3 Å². The minimum absolute atomic E-state index is 0.142. The number of carbonyl (C=O) groups is 9. The van der Waals surface area contributed by atoms with Crippen molar-refractivity contribution in [1.29, 1.82) is 0 Å². The summed E-state index contributed by atoms with van der Waals surface area (Å²) in [5.41, 5.74) is -14.9. The van der Waals surface area contributed by atoms with E-state index >= 15 is 0 Å². The van der Waals surface area contributed by atoms with Crippen LogP contribution in [0.2, 0.25) is 0 Å². The van der Waals surface area contributed by atoms with Crippen LogP contribution in [0.5, 0.6) is 0 Å². The zero-order chi connectivity index (χ0) is 56.5. The molecule has 0 N–H and O–H groups in total. The van der Waals surface area contributed by atoms with Gasteiger partial charge in [-0.15, -0.1) is 0 Å². The van der Waals surface area contributed by atoms with Crippen LogP contribution >= 0.6 is 11.8 Å². The molecule has 0 fully saturated rings. The van der Waals surface area contributed by atoms with E-state index in [0.717, 1.165) is 49.8 Å². The summed E-state index contributed by atoms with van der Waals surface area (Å²) in [6.45, 7) is 15.4. The van der Waals surface area contributed by atoms with E-state index in [2.05, 4.69) is 0 Å². The lowest BCUT2D eigenvalue weighted by Crippen LogP contribution is -2.51. The SMILES string of the molecule is COCC(CSCC(C)(CC(C)(CC(C)(CC(C)(CC(C)(CC(C)(CC(C)(CC(C)(CC(C)(C)C(=O)OC)C(=O)OC)C(=O)OC)C(=O)OC)C(=O)OC)C(=O)OC)C(=O)OC)C(=O)OC)C(=O)OC)OC. The molecule has 0 saturated heterocycles. The molecule has 0 aliphatic carbocycles. The number of hydrogen-bond donors (Lipinski definition) is 0. The second-order valence-corrected chi connectivity index (χ2v) is 23.1. The second-order valence-electron chi connectivity index (χ2n) is 22.0.